The number of nitrogens with zero attached hydrogens (tertiary/aromatic N) is 3. The van der Waals surface area contributed by atoms with Gasteiger partial charge >= 0.3 is 0 Å². The number of piperidine rings is 1. The summed E-state index contributed by atoms with van der Waals surface area (Å²) in [6, 6.07) is 20.4. The first-order valence-electron chi connectivity index (χ1n) is 10.4. The van der Waals surface area contributed by atoms with E-state index < -0.39 is 0 Å². The third-order valence-corrected chi connectivity index (χ3v) is 6.98. The summed E-state index contributed by atoms with van der Waals surface area (Å²) < 4.78 is 0. The zero-order valence-corrected chi connectivity index (χ0v) is 17.7. The maximum Gasteiger partial charge on any atom is 0.141 e. The Morgan fingerprint density at radius 1 is 0.828 bits per heavy atom. The smallest absolute Gasteiger partial charge is 0.141 e. The van der Waals surface area contributed by atoms with Crippen LogP contribution in [-0.2, 0) is 0 Å². The zero-order chi connectivity index (χ0) is 19.8. The van der Waals surface area contributed by atoms with Gasteiger partial charge in [0.15, 0.2) is 0 Å². The van der Waals surface area contributed by atoms with E-state index in [0.29, 0.717) is 12.1 Å². The van der Waals surface area contributed by atoms with Gasteiger partial charge in [0, 0.05) is 23.0 Å². The van der Waals surface area contributed by atoms with Crippen molar-refractivity contribution in [1.29, 1.82) is 0 Å². The predicted octanol–water partition coefficient (Wildman–Crippen LogP) is 6.79. The van der Waals surface area contributed by atoms with Crippen LogP contribution >= 0.6 is 11.3 Å². The van der Waals surface area contributed by atoms with Crippen molar-refractivity contribution < 1.29 is 0 Å². The van der Waals surface area contributed by atoms with Gasteiger partial charge in [0.05, 0.1) is 5.39 Å². The van der Waals surface area contributed by atoms with Crippen molar-refractivity contribution in [1.82, 2.24) is 9.97 Å². The highest BCUT2D eigenvalue weighted by Crippen LogP contribution is 2.41. The third-order valence-electron chi connectivity index (χ3n) is 6.09. The Morgan fingerprint density at radius 2 is 1.48 bits per heavy atom. The van der Waals surface area contributed by atoms with Gasteiger partial charge in [0.25, 0.3) is 0 Å². The molecule has 1 fully saturated rings. The Labute approximate surface area is 176 Å². The van der Waals surface area contributed by atoms with E-state index in [1.807, 2.05) is 0 Å². The van der Waals surface area contributed by atoms with Crippen molar-refractivity contribution >= 4 is 27.4 Å². The number of hydrogen-bond acceptors (Lipinski definition) is 4. The summed E-state index contributed by atoms with van der Waals surface area (Å²) in [4.78, 5) is 12.9. The van der Waals surface area contributed by atoms with Crippen molar-refractivity contribution in [3.8, 4) is 22.3 Å². The minimum Gasteiger partial charge on any atom is -0.351 e. The van der Waals surface area contributed by atoms with Crippen LogP contribution in [0, 0.1) is 0 Å². The fourth-order valence-electron chi connectivity index (χ4n) is 4.58. The highest BCUT2D eigenvalue weighted by Gasteiger charge is 2.28. The van der Waals surface area contributed by atoms with E-state index in [9.17, 15) is 0 Å². The standard InChI is InChI=1S/C25H25N3S/c1-17-7-6-8-18(2)28(17)24-23-22(15-29-25(23)27-16-26-24)21-13-11-20(12-14-21)19-9-4-3-5-10-19/h3-5,9-18H,6-8H2,1-2H3. The molecule has 1 aliphatic rings. The van der Waals surface area contributed by atoms with Gasteiger partial charge in [0.2, 0.25) is 0 Å². The Kier molecular flexibility index (Phi) is 4.80. The number of hydrogen-bond donors (Lipinski definition) is 0. The minimum atomic E-state index is 0.505. The lowest BCUT2D eigenvalue weighted by Gasteiger charge is -2.40. The summed E-state index contributed by atoms with van der Waals surface area (Å²) in [5.41, 5.74) is 4.95. The molecule has 1 saturated heterocycles. The van der Waals surface area contributed by atoms with Crippen LogP contribution in [0.1, 0.15) is 33.1 Å². The number of aromatic nitrogens is 2. The Balaban J connectivity index is 1.59. The second-order valence-corrected chi connectivity index (χ2v) is 8.86. The fraction of sp³-hybridized carbons (Fsp3) is 0.280. The van der Waals surface area contributed by atoms with Crippen LogP contribution in [0.25, 0.3) is 32.5 Å². The van der Waals surface area contributed by atoms with Crippen molar-refractivity contribution in [2.75, 3.05) is 4.90 Å². The number of rotatable bonds is 3. The lowest BCUT2D eigenvalue weighted by Crippen LogP contribution is -2.44. The minimum absolute atomic E-state index is 0.505. The molecule has 0 bridgehead atoms. The first-order chi connectivity index (χ1) is 14.2. The topological polar surface area (TPSA) is 29.0 Å². The third kappa shape index (κ3) is 3.32. The van der Waals surface area contributed by atoms with Gasteiger partial charge in [-0.2, -0.15) is 0 Å². The summed E-state index contributed by atoms with van der Waals surface area (Å²) in [5, 5.41) is 3.44. The van der Waals surface area contributed by atoms with Crippen LogP contribution in [0.4, 0.5) is 5.82 Å². The molecule has 29 heavy (non-hydrogen) atoms. The first kappa shape index (κ1) is 18.3. The Hall–Kier alpha value is -2.72. The highest BCUT2D eigenvalue weighted by atomic mass is 32.1. The molecule has 4 heteroatoms. The Bertz CT molecular complexity index is 1110. The van der Waals surface area contributed by atoms with Crippen molar-refractivity contribution in [2.24, 2.45) is 0 Å². The summed E-state index contributed by atoms with van der Waals surface area (Å²) >= 11 is 1.71. The number of thiophene rings is 1. The molecular formula is C25H25N3S. The van der Waals surface area contributed by atoms with Crippen LogP contribution < -0.4 is 4.90 Å². The van der Waals surface area contributed by atoms with Crippen molar-refractivity contribution in [2.45, 2.75) is 45.2 Å². The van der Waals surface area contributed by atoms with E-state index in [0.717, 1.165) is 10.6 Å². The molecule has 0 saturated carbocycles. The maximum absolute atomic E-state index is 4.78. The largest absolute Gasteiger partial charge is 0.351 e. The molecule has 0 amide bonds. The monoisotopic (exact) mass is 399 g/mol. The molecule has 0 N–H and O–H groups in total. The average molecular weight is 400 g/mol. The van der Waals surface area contributed by atoms with Crippen LogP contribution in [-0.4, -0.2) is 22.1 Å². The van der Waals surface area contributed by atoms with Crippen molar-refractivity contribution in [3.63, 3.8) is 0 Å². The zero-order valence-electron chi connectivity index (χ0n) is 16.9. The molecule has 4 aromatic rings. The van der Waals surface area contributed by atoms with Gasteiger partial charge in [0.1, 0.15) is 17.0 Å². The van der Waals surface area contributed by atoms with E-state index in [4.69, 9.17) is 4.98 Å². The second kappa shape index (κ2) is 7.60. The fourth-order valence-corrected chi connectivity index (χ4v) is 5.49. The quantitative estimate of drug-likeness (QED) is 0.380. The molecule has 2 aromatic carbocycles. The van der Waals surface area contributed by atoms with Crippen LogP contribution in [0.5, 0.6) is 0 Å². The summed E-state index contributed by atoms with van der Waals surface area (Å²) in [6.07, 6.45) is 5.47. The summed E-state index contributed by atoms with van der Waals surface area (Å²) in [7, 11) is 0. The first-order valence-corrected chi connectivity index (χ1v) is 11.3. The van der Waals surface area contributed by atoms with E-state index in [1.165, 1.54) is 46.9 Å². The van der Waals surface area contributed by atoms with Crippen LogP contribution in [0.15, 0.2) is 66.3 Å². The van der Waals surface area contributed by atoms with E-state index in [-0.39, 0.29) is 0 Å². The SMILES string of the molecule is CC1CCCC(C)N1c1ncnc2scc(-c3ccc(-c4ccccc4)cc3)c12. The van der Waals surface area contributed by atoms with E-state index in [1.54, 1.807) is 17.7 Å². The van der Waals surface area contributed by atoms with E-state index >= 15 is 0 Å². The van der Waals surface area contributed by atoms with Crippen LogP contribution in [0.3, 0.4) is 0 Å². The molecule has 3 heterocycles. The molecular weight excluding hydrogens is 374 g/mol. The highest BCUT2D eigenvalue weighted by molar-refractivity contribution is 7.17. The number of benzene rings is 2. The lowest BCUT2D eigenvalue weighted by molar-refractivity contribution is 0.412. The lowest BCUT2D eigenvalue weighted by atomic mass is 9.96. The molecule has 2 atom stereocenters. The van der Waals surface area contributed by atoms with E-state index in [2.05, 4.69) is 83.7 Å². The molecule has 0 aliphatic carbocycles. The molecule has 5 rings (SSSR count). The molecule has 0 spiro atoms. The van der Waals surface area contributed by atoms with Gasteiger partial charge in [-0.15, -0.1) is 11.3 Å². The van der Waals surface area contributed by atoms with Gasteiger partial charge in [-0.1, -0.05) is 54.6 Å². The average Bonchev–Trinajstić information content (AvgIpc) is 3.19. The number of anilines is 1. The van der Waals surface area contributed by atoms with Gasteiger partial charge in [-0.3, -0.25) is 0 Å². The Morgan fingerprint density at radius 3 is 2.21 bits per heavy atom. The summed E-state index contributed by atoms with van der Waals surface area (Å²) in [5.74, 6) is 1.10. The molecule has 1 aliphatic heterocycles. The molecule has 2 unspecified atom stereocenters. The second-order valence-electron chi connectivity index (χ2n) is 8.01. The molecule has 2 aromatic heterocycles. The number of fused-ring (bicyclic) bond motifs is 1. The molecule has 146 valence electrons. The maximum atomic E-state index is 4.78. The summed E-state index contributed by atoms with van der Waals surface area (Å²) in [6.45, 7) is 4.65. The normalized spacial score (nSPS) is 19.6. The predicted molar refractivity (Wildman–Crippen MR) is 124 cm³/mol. The van der Waals surface area contributed by atoms with Crippen LogP contribution in [0.2, 0.25) is 0 Å². The van der Waals surface area contributed by atoms with Gasteiger partial charge in [-0.05, 0) is 49.8 Å². The molecule has 0 radical (unpaired) electrons. The van der Waals surface area contributed by atoms with Gasteiger partial charge in [-0.25, -0.2) is 9.97 Å². The molecule has 3 nitrogen and oxygen atoms in total. The van der Waals surface area contributed by atoms with Gasteiger partial charge < -0.3 is 4.90 Å². The van der Waals surface area contributed by atoms with Crippen molar-refractivity contribution in [3.05, 3.63) is 66.3 Å².